The van der Waals surface area contributed by atoms with Crippen LogP contribution in [0.25, 0.3) is 0 Å². The van der Waals surface area contributed by atoms with Gasteiger partial charge in [-0.3, -0.25) is 14.6 Å². The van der Waals surface area contributed by atoms with Crippen molar-refractivity contribution < 1.29 is 18.3 Å². The van der Waals surface area contributed by atoms with Crippen molar-refractivity contribution in [3.8, 4) is 0 Å². The normalized spacial score (nSPS) is 17.0. The number of nitrogens with zero attached hydrogens (tertiary/aromatic N) is 2. The van der Waals surface area contributed by atoms with E-state index in [0.29, 0.717) is 0 Å². The molecule has 2 aromatic carbocycles. The Morgan fingerprint density at radius 3 is 1.79 bits per heavy atom. The molecule has 1 saturated heterocycles. The quantitative estimate of drug-likeness (QED) is 0.791. The number of rotatable bonds is 7. The highest BCUT2D eigenvalue weighted by Gasteiger charge is 2.28. The summed E-state index contributed by atoms with van der Waals surface area (Å²) in [4.78, 5) is 15.3. The van der Waals surface area contributed by atoms with Crippen LogP contribution in [0, 0.1) is 11.6 Å². The van der Waals surface area contributed by atoms with Crippen molar-refractivity contribution in [1.82, 2.24) is 9.80 Å². The molecule has 2 aromatic rings. The lowest BCUT2D eigenvalue weighted by molar-refractivity contribution is -0.130. The fourth-order valence-electron chi connectivity index (χ4n) is 3.57. The van der Waals surface area contributed by atoms with E-state index in [0.717, 1.165) is 37.3 Å². The molecular weight excluding hydrogens is 364 g/mol. The minimum absolute atomic E-state index is 0.0924. The van der Waals surface area contributed by atoms with Crippen LogP contribution in [0.4, 0.5) is 8.78 Å². The summed E-state index contributed by atoms with van der Waals surface area (Å²) in [5, 5.41) is 0. The van der Waals surface area contributed by atoms with Crippen molar-refractivity contribution in [2.45, 2.75) is 19.2 Å². The maximum Gasteiger partial charge on any atom is 0.243 e. The molecule has 0 radical (unpaired) electrons. The van der Waals surface area contributed by atoms with Gasteiger partial charge in [0.1, 0.15) is 24.5 Å². The van der Waals surface area contributed by atoms with E-state index in [1.54, 1.807) is 24.3 Å². The molecule has 1 amide bonds. The monoisotopic (exact) mass is 389 g/mol. The first-order valence-corrected chi connectivity index (χ1v) is 9.33. The first-order valence-electron chi connectivity index (χ1n) is 9.33. The maximum absolute atomic E-state index is 13.4. The summed E-state index contributed by atoms with van der Waals surface area (Å²) < 4.78 is 32.3. The standard InChI is InChI=1S/C21H25F2N3O2/c1-15(28-14-20(24)27)25-10-12-26(13-11-25)21(16-2-6-18(22)7-3-16)17-4-8-19(23)9-5-17/h2-9,15,21H,10-14H2,1H3,(H2,24,27). The number of nitrogens with two attached hydrogens (primary N) is 1. The van der Waals surface area contributed by atoms with Crippen molar-refractivity contribution >= 4 is 5.91 Å². The van der Waals surface area contributed by atoms with Gasteiger partial charge in [-0.05, 0) is 42.3 Å². The minimum atomic E-state index is -0.488. The number of halogens is 2. The summed E-state index contributed by atoms with van der Waals surface area (Å²) in [6.07, 6.45) is -0.204. The number of primary amides is 1. The molecule has 1 fully saturated rings. The molecule has 0 saturated carbocycles. The Balaban J connectivity index is 1.74. The Morgan fingerprint density at radius 2 is 1.36 bits per heavy atom. The third kappa shape index (κ3) is 5.13. The second-order valence-electron chi connectivity index (χ2n) is 6.95. The van der Waals surface area contributed by atoms with Gasteiger partial charge in [0, 0.05) is 26.2 Å². The molecule has 5 nitrogen and oxygen atoms in total. The van der Waals surface area contributed by atoms with E-state index in [4.69, 9.17) is 10.5 Å². The van der Waals surface area contributed by atoms with Gasteiger partial charge >= 0.3 is 0 Å². The lowest BCUT2D eigenvalue weighted by Crippen LogP contribution is -2.51. The number of ether oxygens (including phenoxy) is 1. The third-order valence-electron chi connectivity index (χ3n) is 5.07. The number of hydrogen-bond donors (Lipinski definition) is 1. The summed E-state index contributed by atoms with van der Waals surface area (Å²) in [6, 6.07) is 12.8. The summed E-state index contributed by atoms with van der Waals surface area (Å²) in [5.41, 5.74) is 7.05. The van der Waals surface area contributed by atoms with Crippen LogP contribution in [0.15, 0.2) is 48.5 Å². The summed E-state index contributed by atoms with van der Waals surface area (Å²) in [7, 11) is 0. The van der Waals surface area contributed by atoms with Gasteiger partial charge in [0.05, 0.1) is 6.04 Å². The molecule has 2 N–H and O–H groups in total. The smallest absolute Gasteiger partial charge is 0.243 e. The zero-order chi connectivity index (χ0) is 20.1. The van der Waals surface area contributed by atoms with Crippen LogP contribution in [0.2, 0.25) is 0 Å². The molecule has 1 aliphatic rings. The van der Waals surface area contributed by atoms with Gasteiger partial charge in [-0.1, -0.05) is 24.3 Å². The van der Waals surface area contributed by atoms with Crippen molar-refractivity contribution in [2.24, 2.45) is 5.73 Å². The molecule has 7 heteroatoms. The Morgan fingerprint density at radius 1 is 0.929 bits per heavy atom. The topological polar surface area (TPSA) is 58.8 Å². The zero-order valence-electron chi connectivity index (χ0n) is 15.9. The molecule has 1 atom stereocenters. The highest BCUT2D eigenvalue weighted by molar-refractivity contribution is 5.74. The van der Waals surface area contributed by atoms with Gasteiger partial charge in [-0.2, -0.15) is 0 Å². The molecule has 3 rings (SSSR count). The fourth-order valence-corrected chi connectivity index (χ4v) is 3.57. The molecule has 1 aliphatic heterocycles. The van der Waals surface area contributed by atoms with E-state index in [1.807, 2.05) is 6.92 Å². The molecule has 150 valence electrons. The number of amides is 1. The van der Waals surface area contributed by atoms with Crippen LogP contribution in [-0.4, -0.2) is 54.7 Å². The number of hydrogen-bond acceptors (Lipinski definition) is 4. The second-order valence-corrected chi connectivity index (χ2v) is 6.95. The van der Waals surface area contributed by atoms with Gasteiger partial charge in [0.15, 0.2) is 0 Å². The highest BCUT2D eigenvalue weighted by Crippen LogP contribution is 2.30. The van der Waals surface area contributed by atoms with E-state index in [9.17, 15) is 13.6 Å². The van der Waals surface area contributed by atoms with Crippen molar-refractivity contribution in [2.75, 3.05) is 32.8 Å². The lowest BCUT2D eigenvalue weighted by Gasteiger charge is -2.41. The SMILES string of the molecule is CC(OCC(N)=O)N1CCN(C(c2ccc(F)cc2)c2ccc(F)cc2)CC1. The van der Waals surface area contributed by atoms with Crippen LogP contribution >= 0.6 is 0 Å². The van der Waals surface area contributed by atoms with Crippen molar-refractivity contribution in [3.05, 3.63) is 71.3 Å². The molecule has 1 unspecified atom stereocenters. The summed E-state index contributed by atoms with van der Waals surface area (Å²) >= 11 is 0. The average Bonchev–Trinajstić information content (AvgIpc) is 2.70. The van der Waals surface area contributed by atoms with Gasteiger partial charge < -0.3 is 10.5 Å². The average molecular weight is 389 g/mol. The lowest BCUT2D eigenvalue weighted by atomic mass is 9.96. The number of benzene rings is 2. The third-order valence-corrected chi connectivity index (χ3v) is 5.07. The summed E-state index contributed by atoms with van der Waals surface area (Å²) in [5.74, 6) is -1.06. The molecule has 0 bridgehead atoms. The summed E-state index contributed by atoms with van der Waals surface area (Å²) in [6.45, 7) is 4.80. The van der Waals surface area contributed by atoms with Gasteiger partial charge in [0.2, 0.25) is 5.91 Å². The second kappa shape index (κ2) is 9.23. The predicted molar refractivity (Wildman–Crippen MR) is 102 cm³/mol. The molecular formula is C21H25F2N3O2. The van der Waals surface area contributed by atoms with Crippen LogP contribution in [0.1, 0.15) is 24.1 Å². The van der Waals surface area contributed by atoms with Crippen LogP contribution in [-0.2, 0) is 9.53 Å². The first kappa shape index (κ1) is 20.4. The maximum atomic E-state index is 13.4. The highest BCUT2D eigenvalue weighted by atomic mass is 19.1. The van der Waals surface area contributed by atoms with E-state index in [-0.39, 0.29) is 30.5 Å². The van der Waals surface area contributed by atoms with Crippen molar-refractivity contribution in [1.29, 1.82) is 0 Å². The van der Waals surface area contributed by atoms with Gasteiger partial charge in [0.25, 0.3) is 0 Å². The number of carbonyl (C=O) groups is 1. The van der Waals surface area contributed by atoms with Crippen LogP contribution in [0.5, 0.6) is 0 Å². The molecule has 28 heavy (non-hydrogen) atoms. The largest absolute Gasteiger partial charge is 0.368 e. The van der Waals surface area contributed by atoms with Crippen LogP contribution in [0.3, 0.4) is 0 Å². The molecule has 0 aromatic heterocycles. The van der Waals surface area contributed by atoms with Gasteiger partial charge in [-0.25, -0.2) is 8.78 Å². The minimum Gasteiger partial charge on any atom is -0.368 e. The molecule has 1 heterocycles. The van der Waals surface area contributed by atoms with E-state index in [2.05, 4.69) is 9.80 Å². The number of piperazine rings is 1. The zero-order valence-corrected chi connectivity index (χ0v) is 15.9. The molecule has 0 spiro atoms. The van der Waals surface area contributed by atoms with E-state index < -0.39 is 5.91 Å². The number of carbonyl (C=O) groups excluding carboxylic acids is 1. The fraction of sp³-hybridized carbons (Fsp3) is 0.381. The van der Waals surface area contributed by atoms with E-state index in [1.165, 1.54) is 24.3 Å². The van der Waals surface area contributed by atoms with Crippen LogP contribution < -0.4 is 5.73 Å². The van der Waals surface area contributed by atoms with Crippen molar-refractivity contribution in [3.63, 3.8) is 0 Å². The Hall–Kier alpha value is -2.35. The van der Waals surface area contributed by atoms with E-state index >= 15 is 0 Å². The Labute approximate surface area is 163 Å². The Bertz CT molecular complexity index is 730. The molecule has 0 aliphatic carbocycles. The van der Waals surface area contributed by atoms with Gasteiger partial charge in [-0.15, -0.1) is 0 Å². The first-order chi connectivity index (χ1) is 13.4. The predicted octanol–water partition coefficient (Wildman–Crippen LogP) is 2.52. The Kier molecular flexibility index (Phi) is 6.72.